The zero-order chi connectivity index (χ0) is 15.4. The van der Waals surface area contributed by atoms with Gasteiger partial charge in [-0.2, -0.15) is 0 Å². The lowest BCUT2D eigenvalue weighted by Crippen LogP contribution is -2.46. The Morgan fingerprint density at radius 2 is 2.05 bits per heavy atom. The normalized spacial score (nSPS) is 19.2. The first-order valence-corrected chi connectivity index (χ1v) is 7.32. The molecule has 0 bridgehead atoms. The molecular formula is C14H15Cl2NO4. The molecule has 2 atom stereocenters. The number of carboxylic acid groups (broad SMARTS) is 1. The van der Waals surface area contributed by atoms with Gasteiger partial charge in [-0.1, -0.05) is 29.3 Å². The third kappa shape index (κ3) is 4.09. The van der Waals surface area contributed by atoms with Gasteiger partial charge in [-0.3, -0.25) is 4.79 Å². The van der Waals surface area contributed by atoms with Crippen molar-refractivity contribution in [2.24, 2.45) is 0 Å². The number of amides is 1. The molecule has 1 amide bonds. The summed E-state index contributed by atoms with van der Waals surface area (Å²) in [7, 11) is 0. The maximum Gasteiger partial charge on any atom is 0.326 e. The Balaban J connectivity index is 2.09. The summed E-state index contributed by atoms with van der Waals surface area (Å²) in [5.41, 5.74) is 0.501. The van der Waals surface area contributed by atoms with E-state index in [9.17, 15) is 14.7 Å². The van der Waals surface area contributed by atoms with Crippen LogP contribution in [0.1, 0.15) is 18.4 Å². The molecule has 5 nitrogen and oxygen atoms in total. The molecular weight excluding hydrogens is 317 g/mol. The van der Waals surface area contributed by atoms with E-state index in [1.165, 1.54) is 0 Å². The second kappa shape index (κ2) is 7.11. The average molecular weight is 332 g/mol. The summed E-state index contributed by atoms with van der Waals surface area (Å²) >= 11 is 12.1. The summed E-state index contributed by atoms with van der Waals surface area (Å²) < 4.78 is 5.24. The van der Waals surface area contributed by atoms with Crippen LogP contribution < -0.4 is 5.32 Å². The molecule has 1 aliphatic heterocycles. The van der Waals surface area contributed by atoms with Gasteiger partial charge in [0.1, 0.15) is 12.1 Å². The van der Waals surface area contributed by atoms with Crippen LogP contribution in [-0.2, 0) is 20.7 Å². The molecule has 114 valence electrons. The summed E-state index contributed by atoms with van der Waals surface area (Å²) in [6, 6.07) is 3.83. The lowest BCUT2D eigenvalue weighted by molar-refractivity contribution is -0.143. The molecule has 2 rings (SSSR count). The Hall–Kier alpha value is -1.30. The molecule has 0 aliphatic carbocycles. The van der Waals surface area contributed by atoms with Gasteiger partial charge < -0.3 is 15.2 Å². The summed E-state index contributed by atoms with van der Waals surface area (Å²) in [5.74, 6) is -1.56. The minimum atomic E-state index is -1.14. The largest absolute Gasteiger partial charge is 0.480 e. The summed E-state index contributed by atoms with van der Waals surface area (Å²) in [4.78, 5) is 23.3. The first-order chi connectivity index (χ1) is 9.99. The SMILES string of the molecule is O=C(O)[C@H](Cc1c(Cl)cccc1Cl)NC(=O)[C@@H]1CCCO1. The molecule has 0 radical (unpaired) electrons. The lowest BCUT2D eigenvalue weighted by atomic mass is 10.1. The van der Waals surface area contributed by atoms with Gasteiger partial charge in [0.05, 0.1) is 0 Å². The van der Waals surface area contributed by atoms with E-state index in [1.54, 1.807) is 18.2 Å². The number of ether oxygens (including phenoxy) is 1. The molecule has 0 spiro atoms. The van der Waals surface area contributed by atoms with Crippen LogP contribution in [0.15, 0.2) is 18.2 Å². The van der Waals surface area contributed by atoms with Crippen LogP contribution in [0.25, 0.3) is 0 Å². The zero-order valence-electron chi connectivity index (χ0n) is 11.1. The molecule has 1 aromatic carbocycles. The molecule has 1 fully saturated rings. The molecule has 0 aromatic heterocycles. The number of benzene rings is 1. The second-order valence-electron chi connectivity index (χ2n) is 4.81. The van der Waals surface area contributed by atoms with Crippen LogP contribution in [0.4, 0.5) is 0 Å². The van der Waals surface area contributed by atoms with Gasteiger partial charge in [-0.15, -0.1) is 0 Å². The second-order valence-corrected chi connectivity index (χ2v) is 5.62. The van der Waals surface area contributed by atoms with Gasteiger partial charge in [-0.05, 0) is 30.5 Å². The highest BCUT2D eigenvalue weighted by Gasteiger charge is 2.29. The summed E-state index contributed by atoms with van der Waals surface area (Å²) in [6.45, 7) is 0.520. The van der Waals surface area contributed by atoms with Crippen molar-refractivity contribution < 1.29 is 19.4 Å². The molecule has 1 aromatic rings. The smallest absolute Gasteiger partial charge is 0.326 e. The Labute approximate surface area is 132 Å². The van der Waals surface area contributed by atoms with Crippen LogP contribution in [-0.4, -0.2) is 35.7 Å². The van der Waals surface area contributed by atoms with Gasteiger partial charge in [0.2, 0.25) is 5.91 Å². The highest BCUT2D eigenvalue weighted by atomic mass is 35.5. The van der Waals surface area contributed by atoms with E-state index >= 15 is 0 Å². The van der Waals surface area contributed by atoms with Crippen molar-refractivity contribution in [1.82, 2.24) is 5.32 Å². The van der Waals surface area contributed by atoms with Gasteiger partial charge in [0.25, 0.3) is 0 Å². The Bertz CT molecular complexity index is 524. The fraction of sp³-hybridized carbons (Fsp3) is 0.429. The van der Waals surface area contributed by atoms with E-state index < -0.39 is 24.0 Å². The average Bonchev–Trinajstić information content (AvgIpc) is 2.95. The Morgan fingerprint density at radius 1 is 1.38 bits per heavy atom. The Morgan fingerprint density at radius 3 is 2.57 bits per heavy atom. The molecule has 7 heteroatoms. The minimum absolute atomic E-state index is 0.0201. The maximum absolute atomic E-state index is 12.0. The fourth-order valence-electron chi connectivity index (χ4n) is 2.18. The number of rotatable bonds is 5. The molecule has 2 N–H and O–H groups in total. The molecule has 0 saturated carbocycles. The van der Waals surface area contributed by atoms with Crippen LogP contribution in [0.5, 0.6) is 0 Å². The van der Waals surface area contributed by atoms with Crippen LogP contribution in [0, 0.1) is 0 Å². The van der Waals surface area contributed by atoms with Crippen molar-refractivity contribution in [2.45, 2.75) is 31.4 Å². The van der Waals surface area contributed by atoms with Crippen molar-refractivity contribution >= 4 is 35.1 Å². The van der Waals surface area contributed by atoms with E-state index in [-0.39, 0.29) is 6.42 Å². The van der Waals surface area contributed by atoms with E-state index in [0.717, 1.165) is 6.42 Å². The third-order valence-electron chi connectivity index (χ3n) is 3.31. The van der Waals surface area contributed by atoms with Gasteiger partial charge in [0.15, 0.2) is 0 Å². The predicted octanol–water partition coefficient (Wildman–Crippen LogP) is 2.28. The highest BCUT2D eigenvalue weighted by Crippen LogP contribution is 2.25. The minimum Gasteiger partial charge on any atom is -0.480 e. The number of carbonyl (C=O) groups is 2. The first kappa shape index (κ1) is 16.1. The number of halogens is 2. The molecule has 1 aliphatic rings. The Kier molecular flexibility index (Phi) is 5.45. The molecule has 21 heavy (non-hydrogen) atoms. The number of nitrogens with one attached hydrogen (secondary N) is 1. The van der Waals surface area contributed by atoms with Crippen molar-refractivity contribution in [3.63, 3.8) is 0 Å². The van der Waals surface area contributed by atoms with Crippen molar-refractivity contribution in [2.75, 3.05) is 6.61 Å². The number of carbonyl (C=O) groups excluding carboxylic acids is 1. The lowest BCUT2D eigenvalue weighted by Gasteiger charge is -2.18. The van der Waals surface area contributed by atoms with E-state index in [0.29, 0.717) is 28.6 Å². The fourth-order valence-corrected chi connectivity index (χ4v) is 2.73. The van der Waals surface area contributed by atoms with Crippen LogP contribution in [0.2, 0.25) is 10.0 Å². The third-order valence-corrected chi connectivity index (χ3v) is 4.01. The number of hydrogen-bond donors (Lipinski definition) is 2. The van der Waals surface area contributed by atoms with E-state index in [1.807, 2.05) is 0 Å². The van der Waals surface area contributed by atoms with Crippen molar-refractivity contribution in [1.29, 1.82) is 0 Å². The molecule has 1 saturated heterocycles. The summed E-state index contributed by atoms with van der Waals surface area (Å²) in [6.07, 6.45) is 0.845. The van der Waals surface area contributed by atoms with Gasteiger partial charge >= 0.3 is 5.97 Å². The number of hydrogen-bond acceptors (Lipinski definition) is 3. The topological polar surface area (TPSA) is 75.6 Å². The van der Waals surface area contributed by atoms with E-state index in [4.69, 9.17) is 27.9 Å². The van der Waals surface area contributed by atoms with Gasteiger partial charge in [0, 0.05) is 23.1 Å². The monoisotopic (exact) mass is 331 g/mol. The predicted molar refractivity (Wildman–Crippen MR) is 78.7 cm³/mol. The number of aliphatic carboxylic acids is 1. The highest BCUT2D eigenvalue weighted by molar-refractivity contribution is 6.36. The molecule has 1 heterocycles. The van der Waals surface area contributed by atoms with Gasteiger partial charge in [-0.25, -0.2) is 4.79 Å². The quantitative estimate of drug-likeness (QED) is 0.867. The molecule has 0 unspecified atom stereocenters. The van der Waals surface area contributed by atoms with E-state index in [2.05, 4.69) is 5.32 Å². The first-order valence-electron chi connectivity index (χ1n) is 6.56. The van der Waals surface area contributed by atoms with Crippen molar-refractivity contribution in [3.8, 4) is 0 Å². The number of carboxylic acids is 1. The van der Waals surface area contributed by atoms with Crippen LogP contribution in [0.3, 0.4) is 0 Å². The van der Waals surface area contributed by atoms with Crippen LogP contribution >= 0.6 is 23.2 Å². The maximum atomic E-state index is 12.0. The summed E-state index contributed by atoms with van der Waals surface area (Å²) in [5, 5.41) is 12.5. The van der Waals surface area contributed by atoms with Crippen molar-refractivity contribution in [3.05, 3.63) is 33.8 Å². The zero-order valence-corrected chi connectivity index (χ0v) is 12.7. The standard InChI is InChI=1S/C14H15Cl2NO4/c15-9-3-1-4-10(16)8(9)7-11(14(19)20)17-13(18)12-5-2-6-21-12/h1,3-4,11-12H,2,5-7H2,(H,17,18)(H,19,20)/t11-,12-/m0/s1.